The van der Waals surface area contributed by atoms with E-state index in [-0.39, 0.29) is 11.8 Å². The maximum atomic E-state index is 11.9. The zero-order chi connectivity index (χ0) is 11.1. The number of anilines is 1. The summed E-state index contributed by atoms with van der Waals surface area (Å²) in [5.41, 5.74) is 2.04. The molecule has 0 saturated carbocycles. The molecule has 2 aliphatic heterocycles. The van der Waals surface area contributed by atoms with Crippen LogP contribution >= 0.6 is 0 Å². The molecule has 0 spiro atoms. The Balaban J connectivity index is 2.13. The Labute approximate surface area is 94.0 Å². The highest BCUT2D eigenvalue weighted by molar-refractivity contribution is 5.98. The summed E-state index contributed by atoms with van der Waals surface area (Å²) in [7, 11) is 1.63. The maximum Gasteiger partial charge on any atom is 0.229 e. The average molecular weight is 218 g/mol. The van der Waals surface area contributed by atoms with E-state index in [9.17, 15) is 4.79 Å². The van der Waals surface area contributed by atoms with Crippen molar-refractivity contribution < 1.29 is 9.53 Å². The summed E-state index contributed by atoms with van der Waals surface area (Å²) in [5, 5.41) is 6.22. The van der Waals surface area contributed by atoms with Crippen LogP contribution in [0.4, 0.5) is 5.69 Å². The van der Waals surface area contributed by atoms with Gasteiger partial charge in [-0.05, 0) is 11.6 Å². The average Bonchev–Trinajstić information content (AvgIpc) is 2.78. The third kappa shape index (κ3) is 1.23. The van der Waals surface area contributed by atoms with Gasteiger partial charge in [0.25, 0.3) is 0 Å². The first-order valence-electron chi connectivity index (χ1n) is 5.49. The van der Waals surface area contributed by atoms with Crippen molar-refractivity contribution in [2.45, 2.75) is 5.92 Å². The molecule has 1 aromatic rings. The van der Waals surface area contributed by atoms with Crippen molar-refractivity contribution in [3.8, 4) is 5.75 Å². The van der Waals surface area contributed by atoms with Gasteiger partial charge in [-0.2, -0.15) is 0 Å². The molecule has 1 saturated heterocycles. The van der Waals surface area contributed by atoms with Crippen LogP contribution in [0.3, 0.4) is 0 Å². The lowest BCUT2D eigenvalue weighted by molar-refractivity contribution is -0.120. The summed E-state index contributed by atoms with van der Waals surface area (Å²) in [4.78, 5) is 11.9. The molecule has 2 atom stereocenters. The first-order chi connectivity index (χ1) is 7.81. The van der Waals surface area contributed by atoms with E-state index in [1.54, 1.807) is 7.11 Å². The Morgan fingerprint density at radius 3 is 2.94 bits per heavy atom. The molecule has 2 N–H and O–H groups in total. The summed E-state index contributed by atoms with van der Waals surface area (Å²) < 4.78 is 5.27. The smallest absolute Gasteiger partial charge is 0.229 e. The van der Waals surface area contributed by atoms with Crippen molar-refractivity contribution in [1.29, 1.82) is 0 Å². The van der Waals surface area contributed by atoms with Crippen LogP contribution in [0.2, 0.25) is 0 Å². The summed E-state index contributed by atoms with van der Waals surface area (Å²) in [6, 6.07) is 5.92. The fraction of sp³-hybridized carbons (Fsp3) is 0.417. The third-order valence-corrected chi connectivity index (χ3v) is 3.48. The second-order valence-corrected chi connectivity index (χ2v) is 4.28. The van der Waals surface area contributed by atoms with Crippen molar-refractivity contribution in [1.82, 2.24) is 5.32 Å². The maximum absolute atomic E-state index is 11.9. The fourth-order valence-corrected chi connectivity index (χ4v) is 2.66. The zero-order valence-corrected chi connectivity index (χ0v) is 9.12. The van der Waals surface area contributed by atoms with E-state index in [1.807, 2.05) is 12.1 Å². The van der Waals surface area contributed by atoms with Crippen molar-refractivity contribution in [3.63, 3.8) is 0 Å². The fourth-order valence-electron chi connectivity index (χ4n) is 2.66. The Kier molecular flexibility index (Phi) is 2.11. The molecule has 0 unspecified atom stereocenters. The van der Waals surface area contributed by atoms with Gasteiger partial charge in [-0.1, -0.05) is 12.1 Å². The summed E-state index contributed by atoms with van der Waals surface area (Å²) in [6.45, 7) is 1.64. The second-order valence-electron chi connectivity index (χ2n) is 4.28. The number of rotatable bonds is 1. The van der Waals surface area contributed by atoms with E-state index in [1.165, 1.54) is 5.56 Å². The Bertz CT molecular complexity index is 445. The Morgan fingerprint density at radius 2 is 2.12 bits per heavy atom. The minimum atomic E-state index is 0.0691. The Hall–Kier alpha value is -1.55. The number of carbonyl (C=O) groups is 1. The van der Waals surface area contributed by atoms with Crippen LogP contribution in [0, 0.1) is 5.92 Å². The molecule has 84 valence electrons. The lowest BCUT2D eigenvalue weighted by atomic mass is 9.84. The minimum Gasteiger partial charge on any atom is -0.495 e. The molecule has 16 heavy (non-hydrogen) atoms. The molecular formula is C12H14N2O2. The van der Waals surface area contributed by atoms with Gasteiger partial charge in [0.2, 0.25) is 5.91 Å². The number of nitrogens with one attached hydrogen (secondary N) is 2. The molecule has 0 radical (unpaired) electrons. The minimum absolute atomic E-state index is 0.0691. The van der Waals surface area contributed by atoms with Crippen LogP contribution < -0.4 is 15.4 Å². The Morgan fingerprint density at radius 1 is 1.31 bits per heavy atom. The SMILES string of the molecule is COc1cccc2c1NC(=O)[C@H]1CNC[C@@H]21. The summed E-state index contributed by atoms with van der Waals surface area (Å²) in [5.74, 6) is 1.21. The molecule has 0 aliphatic carbocycles. The van der Waals surface area contributed by atoms with E-state index in [4.69, 9.17) is 4.74 Å². The number of benzene rings is 1. The van der Waals surface area contributed by atoms with Gasteiger partial charge in [-0.3, -0.25) is 4.79 Å². The molecule has 4 heteroatoms. The van der Waals surface area contributed by atoms with Crippen LogP contribution in [-0.4, -0.2) is 26.1 Å². The first-order valence-corrected chi connectivity index (χ1v) is 5.49. The molecule has 0 aromatic heterocycles. The van der Waals surface area contributed by atoms with Gasteiger partial charge in [-0.25, -0.2) is 0 Å². The molecule has 2 heterocycles. The standard InChI is InChI=1S/C12H14N2O2/c1-16-10-4-2-3-7-8-5-13-6-9(8)12(15)14-11(7)10/h2-4,8-9,13H,5-6H2,1H3,(H,14,15)/t8-,9-/m0/s1. The molecule has 4 nitrogen and oxygen atoms in total. The topological polar surface area (TPSA) is 50.4 Å². The second kappa shape index (κ2) is 3.49. The number of amides is 1. The number of fused-ring (bicyclic) bond motifs is 3. The van der Waals surface area contributed by atoms with E-state index >= 15 is 0 Å². The van der Waals surface area contributed by atoms with Crippen LogP contribution in [0.5, 0.6) is 5.75 Å². The summed E-state index contributed by atoms with van der Waals surface area (Å²) >= 11 is 0. The number of para-hydroxylation sites is 1. The normalized spacial score (nSPS) is 26.9. The third-order valence-electron chi connectivity index (χ3n) is 3.48. The van der Waals surface area contributed by atoms with Gasteiger partial charge in [-0.15, -0.1) is 0 Å². The lowest BCUT2D eigenvalue weighted by Gasteiger charge is -2.28. The van der Waals surface area contributed by atoms with Crippen LogP contribution in [0.15, 0.2) is 18.2 Å². The van der Waals surface area contributed by atoms with Crippen molar-refractivity contribution >= 4 is 11.6 Å². The van der Waals surface area contributed by atoms with Gasteiger partial charge < -0.3 is 15.4 Å². The van der Waals surface area contributed by atoms with Crippen LogP contribution in [0.1, 0.15) is 11.5 Å². The molecule has 1 aromatic carbocycles. The highest BCUT2D eigenvalue weighted by Gasteiger charge is 2.39. The van der Waals surface area contributed by atoms with Gasteiger partial charge in [0, 0.05) is 19.0 Å². The zero-order valence-electron chi connectivity index (χ0n) is 9.12. The van der Waals surface area contributed by atoms with E-state index in [0.29, 0.717) is 5.92 Å². The monoisotopic (exact) mass is 218 g/mol. The van der Waals surface area contributed by atoms with Crippen molar-refractivity contribution in [3.05, 3.63) is 23.8 Å². The predicted octanol–water partition coefficient (Wildman–Crippen LogP) is 0.950. The van der Waals surface area contributed by atoms with E-state index in [2.05, 4.69) is 16.7 Å². The van der Waals surface area contributed by atoms with Crippen LogP contribution in [-0.2, 0) is 4.79 Å². The lowest BCUT2D eigenvalue weighted by Crippen LogP contribution is -2.33. The van der Waals surface area contributed by atoms with Crippen LogP contribution in [0.25, 0.3) is 0 Å². The van der Waals surface area contributed by atoms with E-state index in [0.717, 1.165) is 24.5 Å². The quantitative estimate of drug-likeness (QED) is 0.738. The van der Waals surface area contributed by atoms with Gasteiger partial charge in [0.15, 0.2) is 0 Å². The predicted molar refractivity (Wildman–Crippen MR) is 60.7 cm³/mol. The number of hydrogen-bond acceptors (Lipinski definition) is 3. The molecule has 1 amide bonds. The number of carbonyl (C=O) groups excluding carboxylic acids is 1. The highest BCUT2D eigenvalue weighted by atomic mass is 16.5. The van der Waals surface area contributed by atoms with Crippen molar-refractivity contribution in [2.75, 3.05) is 25.5 Å². The number of methoxy groups -OCH3 is 1. The largest absolute Gasteiger partial charge is 0.495 e. The van der Waals surface area contributed by atoms with Gasteiger partial charge >= 0.3 is 0 Å². The highest BCUT2D eigenvalue weighted by Crippen LogP contribution is 2.42. The first kappa shape index (κ1) is 9.66. The summed E-state index contributed by atoms with van der Waals surface area (Å²) in [6.07, 6.45) is 0. The molecular weight excluding hydrogens is 204 g/mol. The molecule has 1 fully saturated rings. The van der Waals surface area contributed by atoms with Crippen molar-refractivity contribution in [2.24, 2.45) is 5.92 Å². The number of ether oxygens (including phenoxy) is 1. The molecule has 3 rings (SSSR count). The number of hydrogen-bond donors (Lipinski definition) is 2. The molecule has 2 aliphatic rings. The van der Waals surface area contributed by atoms with Gasteiger partial charge in [0.1, 0.15) is 5.75 Å². The van der Waals surface area contributed by atoms with Gasteiger partial charge in [0.05, 0.1) is 18.7 Å². The molecule has 0 bridgehead atoms. The van der Waals surface area contributed by atoms with E-state index < -0.39 is 0 Å².